The van der Waals surface area contributed by atoms with Gasteiger partial charge in [-0.2, -0.15) is 0 Å². The van der Waals surface area contributed by atoms with Crippen LogP contribution in [0.4, 0.5) is 0 Å². The second kappa shape index (κ2) is 7.75. The average molecular weight is 304 g/mol. The Kier molecular flexibility index (Phi) is 5.98. The van der Waals surface area contributed by atoms with E-state index in [0.717, 1.165) is 31.5 Å². The predicted octanol–water partition coefficient (Wildman–Crippen LogP) is 2.51. The third-order valence-corrected chi connectivity index (χ3v) is 4.52. The number of nitrogens with zero attached hydrogens (tertiary/aromatic N) is 2. The van der Waals surface area contributed by atoms with Crippen molar-refractivity contribution in [2.24, 2.45) is 0 Å². The highest BCUT2D eigenvalue weighted by Gasteiger charge is 2.27. The van der Waals surface area contributed by atoms with Crippen LogP contribution in [0.25, 0.3) is 0 Å². The Bertz CT molecular complexity index is 484. The van der Waals surface area contributed by atoms with Gasteiger partial charge in [0.25, 0.3) is 5.91 Å². The smallest absolute Gasteiger partial charge is 0.253 e. The average Bonchev–Trinajstić information content (AvgIpc) is 2.54. The SMILES string of the molecule is CCC(O)C1CCCCN1Cc1ccc(C(=O)N(C)C)cc1. The maximum atomic E-state index is 11.9. The molecule has 0 aromatic heterocycles. The Labute approximate surface area is 133 Å². The van der Waals surface area contributed by atoms with E-state index in [2.05, 4.69) is 4.90 Å². The number of piperidine rings is 1. The zero-order valence-electron chi connectivity index (χ0n) is 14.0. The topological polar surface area (TPSA) is 43.8 Å². The van der Waals surface area contributed by atoms with E-state index in [1.165, 1.54) is 18.4 Å². The summed E-state index contributed by atoms with van der Waals surface area (Å²) in [5.41, 5.74) is 1.92. The van der Waals surface area contributed by atoms with Crippen LogP contribution in [0, 0.1) is 0 Å². The fourth-order valence-corrected chi connectivity index (χ4v) is 3.17. The molecule has 122 valence electrons. The highest BCUT2D eigenvalue weighted by Crippen LogP contribution is 2.23. The summed E-state index contributed by atoms with van der Waals surface area (Å²) < 4.78 is 0. The summed E-state index contributed by atoms with van der Waals surface area (Å²) in [5.74, 6) is 0.0313. The normalized spacial score (nSPS) is 20.6. The zero-order chi connectivity index (χ0) is 16.1. The second-order valence-corrected chi connectivity index (χ2v) is 6.41. The molecule has 1 saturated heterocycles. The molecule has 4 nitrogen and oxygen atoms in total. The van der Waals surface area contributed by atoms with Crippen molar-refractivity contribution < 1.29 is 9.90 Å². The van der Waals surface area contributed by atoms with E-state index >= 15 is 0 Å². The third kappa shape index (κ3) is 4.08. The summed E-state index contributed by atoms with van der Waals surface area (Å²) in [7, 11) is 3.53. The molecular formula is C18H28N2O2. The van der Waals surface area contributed by atoms with Gasteiger partial charge in [0.2, 0.25) is 0 Å². The van der Waals surface area contributed by atoms with E-state index in [9.17, 15) is 9.90 Å². The molecule has 0 spiro atoms. The number of benzene rings is 1. The highest BCUT2D eigenvalue weighted by molar-refractivity contribution is 5.93. The lowest BCUT2D eigenvalue weighted by Crippen LogP contribution is -2.46. The quantitative estimate of drug-likeness (QED) is 0.909. The fraction of sp³-hybridized carbons (Fsp3) is 0.611. The van der Waals surface area contributed by atoms with Gasteiger partial charge in [-0.05, 0) is 43.5 Å². The van der Waals surface area contributed by atoms with Gasteiger partial charge in [0.1, 0.15) is 0 Å². The Morgan fingerprint density at radius 3 is 2.59 bits per heavy atom. The highest BCUT2D eigenvalue weighted by atomic mass is 16.3. The van der Waals surface area contributed by atoms with Gasteiger partial charge in [-0.25, -0.2) is 0 Å². The van der Waals surface area contributed by atoms with Crippen LogP contribution < -0.4 is 0 Å². The van der Waals surface area contributed by atoms with Gasteiger partial charge >= 0.3 is 0 Å². The van der Waals surface area contributed by atoms with E-state index in [-0.39, 0.29) is 18.1 Å². The first-order valence-corrected chi connectivity index (χ1v) is 8.25. The van der Waals surface area contributed by atoms with Crippen molar-refractivity contribution in [1.82, 2.24) is 9.80 Å². The molecule has 1 amide bonds. The van der Waals surface area contributed by atoms with E-state index in [1.807, 2.05) is 31.2 Å². The number of likely N-dealkylation sites (tertiary alicyclic amines) is 1. The molecule has 0 saturated carbocycles. The second-order valence-electron chi connectivity index (χ2n) is 6.41. The molecule has 1 aliphatic rings. The van der Waals surface area contributed by atoms with Crippen LogP contribution in [0.15, 0.2) is 24.3 Å². The van der Waals surface area contributed by atoms with Crippen LogP contribution in [-0.4, -0.2) is 53.6 Å². The van der Waals surface area contributed by atoms with E-state index < -0.39 is 0 Å². The maximum absolute atomic E-state index is 11.9. The van der Waals surface area contributed by atoms with Crippen LogP contribution in [0.5, 0.6) is 0 Å². The summed E-state index contributed by atoms with van der Waals surface area (Å²) in [5, 5.41) is 10.2. The number of hydrogen-bond acceptors (Lipinski definition) is 3. The monoisotopic (exact) mass is 304 g/mol. The number of rotatable bonds is 5. The first kappa shape index (κ1) is 17.0. The van der Waals surface area contributed by atoms with Crippen LogP contribution in [0.3, 0.4) is 0 Å². The lowest BCUT2D eigenvalue weighted by molar-refractivity contribution is 0.0195. The number of aliphatic hydroxyl groups is 1. The van der Waals surface area contributed by atoms with Crippen LogP contribution in [0.1, 0.15) is 48.5 Å². The van der Waals surface area contributed by atoms with Crippen LogP contribution >= 0.6 is 0 Å². The zero-order valence-corrected chi connectivity index (χ0v) is 14.0. The molecule has 2 atom stereocenters. The van der Waals surface area contributed by atoms with Gasteiger partial charge in [0.05, 0.1) is 6.10 Å². The molecule has 1 heterocycles. The summed E-state index contributed by atoms with van der Waals surface area (Å²) in [6, 6.07) is 8.11. The molecule has 4 heteroatoms. The van der Waals surface area contributed by atoms with Gasteiger partial charge in [-0.15, -0.1) is 0 Å². The van der Waals surface area contributed by atoms with E-state index in [0.29, 0.717) is 0 Å². The fourth-order valence-electron chi connectivity index (χ4n) is 3.17. The Balaban J connectivity index is 2.04. The van der Waals surface area contributed by atoms with Crippen molar-refractivity contribution in [3.63, 3.8) is 0 Å². The molecule has 22 heavy (non-hydrogen) atoms. The molecule has 0 radical (unpaired) electrons. The van der Waals surface area contributed by atoms with Crippen LogP contribution in [-0.2, 0) is 6.54 Å². The maximum Gasteiger partial charge on any atom is 0.253 e. The molecular weight excluding hydrogens is 276 g/mol. The van der Waals surface area contributed by atoms with Gasteiger partial charge in [-0.3, -0.25) is 9.69 Å². The molecule has 1 aromatic rings. The molecule has 1 aliphatic heterocycles. The minimum atomic E-state index is -0.241. The van der Waals surface area contributed by atoms with Crippen molar-refractivity contribution >= 4 is 5.91 Å². The standard InChI is InChI=1S/C18H28N2O2/c1-4-17(21)16-7-5-6-12-20(16)13-14-8-10-15(11-9-14)18(22)19(2)3/h8-11,16-17,21H,4-7,12-13H2,1-3H3. The molecule has 1 aromatic carbocycles. The molecule has 0 bridgehead atoms. The summed E-state index contributed by atoms with van der Waals surface area (Å²) >= 11 is 0. The number of amides is 1. The first-order valence-electron chi connectivity index (χ1n) is 8.25. The van der Waals surface area contributed by atoms with Gasteiger partial charge in [-0.1, -0.05) is 25.5 Å². The third-order valence-electron chi connectivity index (χ3n) is 4.52. The van der Waals surface area contributed by atoms with Crippen molar-refractivity contribution in [2.75, 3.05) is 20.6 Å². The molecule has 0 aliphatic carbocycles. The van der Waals surface area contributed by atoms with Crippen molar-refractivity contribution in [3.05, 3.63) is 35.4 Å². The number of carbonyl (C=O) groups is 1. The largest absolute Gasteiger partial charge is 0.392 e. The van der Waals surface area contributed by atoms with Crippen molar-refractivity contribution in [3.8, 4) is 0 Å². The number of aliphatic hydroxyl groups excluding tert-OH is 1. The van der Waals surface area contributed by atoms with Crippen molar-refractivity contribution in [1.29, 1.82) is 0 Å². The first-order chi connectivity index (χ1) is 10.5. The lowest BCUT2D eigenvalue weighted by Gasteiger charge is -2.38. The molecule has 2 rings (SSSR count). The van der Waals surface area contributed by atoms with Gasteiger partial charge < -0.3 is 10.0 Å². The Morgan fingerprint density at radius 2 is 2.00 bits per heavy atom. The van der Waals surface area contributed by atoms with Gasteiger partial charge in [0.15, 0.2) is 0 Å². The number of carbonyl (C=O) groups excluding carboxylic acids is 1. The van der Waals surface area contributed by atoms with E-state index in [4.69, 9.17) is 0 Å². The summed E-state index contributed by atoms with van der Waals surface area (Å²) in [4.78, 5) is 15.9. The Hall–Kier alpha value is -1.39. The van der Waals surface area contributed by atoms with Gasteiger partial charge in [0, 0.05) is 32.2 Å². The number of hydrogen-bond donors (Lipinski definition) is 1. The summed E-state index contributed by atoms with van der Waals surface area (Å²) in [6.45, 7) is 3.93. The molecule has 1 fully saturated rings. The van der Waals surface area contributed by atoms with Crippen molar-refractivity contribution in [2.45, 2.75) is 51.3 Å². The minimum Gasteiger partial charge on any atom is -0.392 e. The molecule has 1 N–H and O–H groups in total. The molecule has 2 unspecified atom stereocenters. The summed E-state index contributed by atoms with van der Waals surface area (Å²) in [6.07, 6.45) is 4.04. The Morgan fingerprint density at radius 1 is 1.32 bits per heavy atom. The van der Waals surface area contributed by atoms with Crippen LogP contribution in [0.2, 0.25) is 0 Å². The lowest BCUT2D eigenvalue weighted by atomic mass is 9.95. The minimum absolute atomic E-state index is 0.0313. The van der Waals surface area contributed by atoms with E-state index in [1.54, 1.807) is 19.0 Å². The predicted molar refractivity (Wildman–Crippen MR) is 88.8 cm³/mol.